The standard InChI is InChI=1S/C21H19ClFNO4/c1-12(2)11-27-19-15(22)8-13(10-18(19)26-3)9-17-21(25)28-20(24-17)14-6-4-5-7-16(14)23/h4-10,12H,11H2,1-3H3/b17-9-. The van der Waals surface area contributed by atoms with Crippen molar-refractivity contribution in [3.63, 3.8) is 0 Å². The summed E-state index contributed by atoms with van der Waals surface area (Å²) in [5, 5.41) is 0.344. The molecule has 146 valence electrons. The van der Waals surface area contributed by atoms with Gasteiger partial charge >= 0.3 is 5.97 Å². The molecule has 0 spiro atoms. The largest absolute Gasteiger partial charge is 0.493 e. The van der Waals surface area contributed by atoms with Crippen molar-refractivity contribution in [2.45, 2.75) is 13.8 Å². The maximum atomic E-state index is 13.9. The van der Waals surface area contributed by atoms with E-state index in [1.54, 1.807) is 24.3 Å². The Morgan fingerprint density at radius 3 is 2.71 bits per heavy atom. The number of rotatable bonds is 6. The van der Waals surface area contributed by atoms with Crippen molar-refractivity contribution in [3.8, 4) is 11.5 Å². The maximum Gasteiger partial charge on any atom is 0.363 e. The van der Waals surface area contributed by atoms with Gasteiger partial charge in [-0.2, -0.15) is 0 Å². The molecule has 2 aromatic rings. The van der Waals surface area contributed by atoms with Gasteiger partial charge in [0, 0.05) is 0 Å². The number of halogens is 2. The maximum absolute atomic E-state index is 13.9. The quantitative estimate of drug-likeness (QED) is 0.510. The number of nitrogens with zero attached hydrogens (tertiary/aromatic N) is 1. The highest BCUT2D eigenvalue weighted by molar-refractivity contribution is 6.32. The lowest BCUT2D eigenvalue weighted by molar-refractivity contribution is -0.129. The molecule has 0 unspecified atom stereocenters. The van der Waals surface area contributed by atoms with Gasteiger partial charge in [-0.05, 0) is 41.8 Å². The van der Waals surface area contributed by atoms with E-state index in [1.165, 1.54) is 25.3 Å². The summed E-state index contributed by atoms with van der Waals surface area (Å²) < 4.78 is 30.1. The number of cyclic esters (lactones) is 1. The van der Waals surface area contributed by atoms with Crippen LogP contribution in [0.2, 0.25) is 5.02 Å². The molecule has 1 heterocycles. The summed E-state index contributed by atoms with van der Waals surface area (Å²) in [4.78, 5) is 16.3. The number of aliphatic imine (C=N–C) groups is 1. The first-order valence-corrected chi connectivity index (χ1v) is 9.04. The highest BCUT2D eigenvalue weighted by Gasteiger charge is 2.26. The van der Waals surface area contributed by atoms with Crippen LogP contribution in [0.25, 0.3) is 6.08 Å². The zero-order valence-electron chi connectivity index (χ0n) is 15.7. The van der Waals surface area contributed by atoms with Gasteiger partial charge < -0.3 is 14.2 Å². The molecule has 28 heavy (non-hydrogen) atoms. The molecule has 0 fully saturated rings. The third kappa shape index (κ3) is 4.34. The zero-order valence-corrected chi connectivity index (χ0v) is 16.4. The van der Waals surface area contributed by atoms with E-state index >= 15 is 0 Å². The van der Waals surface area contributed by atoms with Crippen LogP contribution in [0.1, 0.15) is 25.0 Å². The molecule has 0 aliphatic carbocycles. The first kappa shape index (κ1) is 19.9. The van der Waals surface area contributed by atoms with Crippen LogP contribution in [-0.4, -0.2) is 25.6 Å². The highest BCUT2D eigenvalue weighted by atomic mass is 35.5. The lowest BCUT2D eigenvalue weighted by atomic mass is 10.1. The topological polar surface area (TPSA) is 57.1 Å². The Bertz CT molecular complexity index is 969. The molecule has 7 heteroatoms. The van der Waals surface area contributed by atoms with E-state index in [-0.39, 0.29) is 17.2 Å². The van der Waals surface area contributed by atoms with Crippen LogP contribution in [0, 0.1) is 11.7 Å². The Balaban J connectivity index is 1.93. The van der Waals surface area contributed by atoms with Crippen LogP contribution >= 0.6 is 11.6 Å². The van der Waals surface area contributed by atoms with Crippen molar-refractivity contribution in [2.75, 3.05) is 13.7 Å². The van der Waals surface area contributed by atoms with Gasteiger partial charge in [0.1, 0.15) is 5.82 Å². The minimum absolute atomic E-state index is 0.0345. The van der Waals surface area contributed by atoms with Gasteiger partial charge in [0.25, 0.3) is 0 Å². The second kappa shape index (κ2) is 8.44. The van der Waals surface area contributed by atoms with E-state index in [4.69, 9.17) is 25.8 Å². The molecular formula is C21H19ClFNO4. The lowest BCUT2D eigenvalue weighted by Crippen LogP contribution is -2.07. The summed E-state index contributed by atoms with van der Waals surface area (Å²) >= 11 is 6.33. The van der Waals surface area contributed by atoms with Crippen molar-refractivity contribution in [2.24, 2.45) is 10.9 Å². The lowest BCUT2D eigenvalue weighted by Gasteiger charge is -2.14. The van der Waals surface area contributed by atoms with Crippen molar-refractivity contribution < 1.29 is 23.4 Å². The second-order valence-corrected chi connectivity index (χ2v) is 6.96. The van der Waals surface area contributed by atoms with E-state index in [0.717, 1.165) is 0 Å². The Morgan fingerprint density at radius 1 is 1.29 bits per heavy atom. The number of esters is 1. The summed E-state index contributed by atoms with van der Waals surface area (Å²) in [6.45, 7) is 4.53. The Kier molecular flexibility index (Phi) is 5.99. The monoisotopic (exact) mass is 403 g/mol. The zero-order chi connectivity index (χ0) is 20.3. The fourth-order valence-corrected chi connectivity index (χ4v) is 2.80. The van der Waals surface area contributed by atoms with E-state index in [0.29, 0.717) is 34.6 Å². The summed E-state index contributed by atoms with van der Waals surface area (Å²) in [7, 11) is 1.50. The van der Waals surface area contributed by atoms with Crippen LogP contribution in [0.4, 0.5) is 4.39 Å². The average molecular weight is 404 g/mol. The first-order valence-electron chi connectivity index (χ1n) is 8.67. The van der Waals surface area contributed by atoms with Crippen LogP contribution in [0.5, 0.6) is 11.5 Å². The molecule has 3 rings (SSSR count). The number of hydrogen-bond acceptors (Lipinski definition) is 5. The van der Waals surface area contributed by atoms with Gasteiger partial charge in [-0.25, -0.2) is 14.2 Å². The third-order valence-corrected chi connectivity index (χ3v) is 4.12. The van der Waals surface area contributed by atoms with Crippen LogP contribution < -0.4 is 9.47 Å². The molecule has 2 aromatic carbocycles. The smallest absolute Gasteiger partial charge is 0.363 e. The molecule has 1 aliphatic rings. The number of benzene rings is 2. The van der Waals surface area contributed by atoms with Gasteiger partial charge in [-0.3, -0.25) is 0 Å². The predicted molar refractivity (Wildman–Crippen MR) is 105 cm³/mol. The van der Waals surface area contributed by atoms with Gasteiger partial charge in [-0.1, -0.05) is 37.6 Å². The van der Waals surface area contributed by atoms with Crippen LogP contribution in [0.15, 0.2) is 47.1 Å². The number of carbonyl (C=O) groups excluding carboxylic acids is 1. The van der Waals surface area contributed by atoms with Gasteiger partial charge in [0.15, 0.2) is 17.2 Å². The molecule has 5 nitrogen and oxygen atoms in total. The molecule has 0 saturated carbocycles. The number of hydrogen-bond donors (Lipinski definition) is 0. The number of methoxy groups -OCH3 is 1. The Labute approximate surface area is 167 Å². The average Bonchev–Trinajstić information content (AvgIpc) is 3.00. The Morgan fingerprint density at radius 2 is 2.04 bits per heavy atom. The van der Waals surface area contributed by atoms with E-state index < -0.39 is 11.8 Å². The third-order valence-electron chi connectivity index (χ3n) is 3.84. The van der Waals surface area contributed by atoms with E-state index in [9.17, 15) is 9.18 Å². The fourth-order valence-electron chi connectivity index (χ4n) is 2.53. The van der Waals surface area contributed by atoms with Crippen molar-refractivity contribution >= 4 is 29.5 Å². The van der Waals surface area contributed by atoms with Gasteiger partial charge in [0.2, 0.25) is 5.90 Å². The van der Waals surface area contributed by atoms with Crippen molar-refractivity contribution in [3.05, 3.63) is 64.1 Å². The molecule has 0 radical (unpaired) electrons. The molecule has 0 saturated heterocycles. The van der Waals surface area contributed by atoms with Gasteiger partial charge in [0.05, 0.1) is 24.3 Å². The van der Waals surface area contributed by atoms with Crippen LogP contribution in [-0.2, 0) is 9.53 Å². The predicted octanol–water partition coefficient (Wildman–Crippen LogP) is 4.87. The van der Waals surface area contributed by atoms with Crippen molar-refractivity contribution in [1.82, 2.24) is 0 Å². The minimum Gasteiger partial charge on any atom is -0.493 e. The van der Waals surface area contributed by atoms with E-state index in [2.05, 4.69) is 4.99 Å². The number of ether oxygens (including phenoxy) is 3. The van der Waals surface area contributed by atoms with Crippen LogP contribution in [0.3, 0.4) is 0 Å². The normalized spacial score (nSPS) is 15.0. The summed E-state index contributed by atoms with van der Waals surface area (Å²) in [6, 6.07) is 9.26. The van der Waals surface area contributed by atoms with Gasteiger partial charge in [-0.15, -0.1) is 0 Å². The van der Waals surface area contributed by atoms with Crippen molar-refractivity contribution in [1.29, 1.82) is 0 Å². The molecule has 0 atom stereocenters. The second-order valence-electron chi connectivity index (χ2n) is 6.55. The summed E-state index contributed by atoms with van der Waals surface area (Å²) in [6.07, 6.45) is 1.50. The summed E-state index contributed by atoms with van der Waals surface area (Å²) in [5.74, 6) is -0.0827. The summed E-state index contributed by atoms with van der Waals surface area (Å²) in [5.41, 5.74) is 0.726. The molecule has 0 bridgehead atoms. The molecule has 0 N–H and O–H groups in total. The first-order chi connectivity index (χ1) is 13.4. The Hall–Kier alpha value is -2.86. The highest BCUT2D eigenvalue weighted by Crippen LogP contribution is 2.37. The molecule has 0 amide bonds. The minimum atomic E-state index is -0.673. The van der Waals surface area contributed by atoms with E-state index in [1.807, 2.05) is 13.8 Å². The molecule has 0 aromatic heterocycles. The fraction of sp³-hybridized carbons (Fsp3) is 0.238. The molecule has 1 aliphatic heterocycles. The SMILES string of the molecule is COc1cc(/C=C2\N=C(c3ccccc3F)OC2=O)cc(Cl)c1OCC(C)C. The number of carbonyl (C=O) groups is 1. The molecular weight excluding hydrogens is 385 g/mol.